The number of anilines is 1. The van der Waals surface area contributed by atoms with E-state index in [9.17, 15) is 0 Å². The molecule has 0 bridgehead atoms. The first-order valence-electron chi connectivity index (χ1n) is 5.79. The molecule has 1 aromatic heterocycles. The first-order valence-corrected chi connectivity index (χ1v) is 6.17. The summed E-state index contributed by atoms with van der Waals surface area (Å²) in [5, 5.41) is 3.95. The SMILES string of the molecule is Clc1cccc2c1OCCC2Nc1ncccn1. The molecule has 92 valence electrons. The molecule has 1 unspecified atom stereocenters. The van der Waals surface area contributed by atoms with Gasteiger partial charge in [-0.25, -0.2) is 9.97 Å². The zero-order valence-corrected chi connectivity index (χ0v) is 10.4. The van der Waals surface area contributed by atoms with Crippen LogP contribution in [0.25, 0.3) is 0 Å². The Hall–Kier alpha value is -1.81. The van der Waals surface area contributed by atoms with Crippen LogP contribution in [0.3, 0.4) is 0 Å². The van der Waals surface area contributed by atoms with Crippen molar-refractivity contribution in [3.8, 4) is 5.75 Å². The van der Waals surface area contributed by atoms with Crippen molar-refractivity contribution in [2.75, 3.05) is 11.9 Å². The molecule has 0 spiro atoms. The quantitative estimate of drug-likeness (QED) is 0.903. The topological polar surface area (TPSA) is 47.0 Å². The van der Waals surface area contributed by atoms with Gasteiger partial charge in [0.25, 0.3) is 0 Å². The standard InChI is InChI=1S/C13H12ClN3O/c14-10-4-1-3-9-11(5-8-18-12(9)10)17-13-15-6-2-7-16-13/h1-4,6-7,11H,5,8H2,(H,15,16,17). The molecule has 5 heteroatoms. The molecule has 0 amide bonds. The summed E-state index contributed by atoms with van der Waals surface area (Å²) in [7, 11) is 0. The molecule has 0 aliphatic carbocycles. The van der Waals surface area contributed by atoms with Gasteiger partial charge in [-0.3, -0.25) is 0 Å². The maximum absolute atomic E-state index is 6.13. The van der Waals surface area contributed by atoms with Crippen LogP contribution in [0.4, 0.5) is 5.95 Å². The summed E-state index contributed by atoms with van der Waals surface area (Å²) in [6, 6.07) is 7.70. The molecule has 0 saturated heterocycles. The fraction of sp³-hybridized carbons (Fsp3) is 0.231. The number of ether oxygens (including phenoxy) is 1. The van der Waals surface area contributed by atoms with Crippen molar-refractivity contribution in [1.29, 1.82) is 0 Å². The van der Waals surface area contributed by atoms with E-state index in [1.54, 1.807) is 18.5 Å². The van der Waals surface area contributed by atoms with Crippen molar-refractivity contribution in [3.63, 3.8) is 0 Å². The molecule has 2 heterocycles. The van der Waals surface area contributed by atoms with Crippen LogP contribution in [-0.2, 0) is 0 Å². The van der Waals surface area contributed by atoms with E-state index >= 15 is 0 Å². The number of halogens is 1. The lowest BCUT2D eigenvalue weighted by Crippen LogP contribution is -2.21. The first-order chi connectivity index (χ1) is 8.84. The fourth-order valence-electron chi connectivity index (χ4n) is 2.07. The van der Waals surface area contributed by atoms with Crippen molar-refractivity contribution in [2.45, 2.75) is 12.5 Å². The summed E-state index contributed by atoms with van der Waals surface area (Å²) < 4.78 is 5.61. The Bertz CT molecular complexity index is 547. The Balaban J connectivity index is 1.90. The van der Waals surface area contributed by atoms with Crippen LogP contribution >= 0.6 is 11.6 Å². The van der Waals surface area contributed by atoms with Gasteiger partial charge in [-0.05, 0) is 12.1 Å². The summed E-state index contributed by atoms with van der Waals surface area (Å²) in [6.45, 7) is 0.640. The van der Waals surface area contributed by atoms with E-state index < -0.39 is 0 Å². The van der Waals surface area contributed by atoms with Crippen LogP contribution in [0.15, 0.2) is 36.7 Å². The van der Waals surface area contributed by atoms with E-state index in [2.05, 4.69) is 15.3 Å². The number of para-hydroxylation sites is 1. The summed E-state index contributed by atoms with van der Waals surface area (Å²) in [6.07, 6.45) is 4.30. The second-order valence-corrected chi connectivity index (χ2v) is 4.47. The average molecular weight is 262 g/mol. The molecule has 1 atom stereocenters. The van der Waals surface area contributed by atoms with Crippen molar-refractivity contribution in [1.82, 2.24) is 9.97 Å². The molecular weight excluding hydrogens is 250 g/mol. The predicted molar refractivity (Wildman–Crippen MR) is 70.0 cm³/mol. The Morgan fingerprint density at radius 2 is 2.06 bits per heavy atom. The molecule has 1 aromatic carbocycles. The number of rotatable bonds is 2. The van der Waals surface area contributed by atoms with Crippen molar-refractivity contribution in [2.24, 2.45) is 0 Å². The Morgan fingerprint density at radius 1 is 1.22 bits per heavy atom. The van der Waals surface area contributed by atoms with Gasteiger partial charge in [-0.15, -0.1) is 0 Å². The number of hydrogen-bond acceptors (Lipinski definition) is 4. The minimum absolute atomic E-state index is 0.134. The number of hydrogen-bond donors (Lipinski definition) is 1. The van der Waals surface area contributed by atoms with Crippen LogP contribution < -0.4 is 10.1 Å². The highest BCUT2D eigenvalue weighted by atomic mass is 35.5. The molecule has 0 saturated carbocycles. The van der Waals surface area contributed by atoms with E-state index in [4.69, 9.17) is 16.3 Å². The van der Waals surface area contributed by atoms with Gasteiger partial charge < -0.3 is 10.1 Å². The maximum Gasteiger partial charge on any atom is 0.223 e. The Kier molecular flexibility index (Phi) is 3.02. The zero-order chi connectivity index (χ0) is 12.4. The molecule has 1 N–H and O–H groups in total. The van der Waals surface area contributed by atoms with Gasteiger partial charge in [-0.1, -0.05) is 23.7 Å². The van der Waals surface area contributed by atoms with E-state index in [-0.39, 0.29) is 6.04 Å². The molecule has 18 heavy (non-hydrogen) atoms. The van der Waals surface area contributed by atoms with E-state index in [1.807, 2.05) is 18.2 Å². The van der Waals surface area contributed by atoms with E-state index in [0.717, 1.165) is 17.7 Å². The van der Waals surface area contributed by atoms with Gasteiger partial charge in [-0.2, -0.15) is 0 Å². The first kappa shape index (κ1) is 11.3. The smallest absolute Gasteiger partial charge is 0.223 e. The van der Waals surface area contributed by atoms with Gasteiger partial charge in [0, 0.05) is 24.4 Å². The monoisotopic (exact) mass is 261 g/mol. The fourth-order valence-corrected chi connectivity index (χ4v) is 2.30. The second kappa shape index (κ2) is 4.82. The van der Waals surface area contributed by atoms with Crippen molar-refractivity contribution < 1.29 is 4.74 Å². The number of nitrogens with zero attached hydrogens (tertiary/aromatic N) is 2. The molecule has 1 aliphatic heterocycles. The van der Waals surface area contributed by atoms with Crippen LogP contribution in [0.2, 0.25) is 5.02 Å². The lowest BCUT2D eigenvalue weighted by molar-refractivity contribution is 0.274. The van der Waals surface area contributed by atoms with Gasteiger partial charge in [0.05, 0.1) is 17.7 Å². The molecule has 4 nitrogen and oxygen atoms in total. The molecule has 0 fully saturated rings. The van der Waals surface area contributed by atoms with Gasteiger partial charge in [0.2, 0.25) is 5.95 Å². The molecule has 1 aliphatic rings. The molecular formula is C13H12ClN3O. The minimum atomic E-state index is 0.134. The van der Waals surface area contributed by atoms with Gasteiger partial charge in [0.15, 0.2) is 0 Å². The summed E-state index contributed by atoms with van der Waals surface area (Å²) in [4.78, 5) is 8.34. The van der Waals surface area contributed by atoms with Crippen molar-refractivity contribution in [3.05, 3.63) is 47.2 Å². The van der Waals surface area contributed by atoms with Crippen LogP contribution in [0.5, 0.6) is 5.75 Å². The number of benzene rings is 1. The normalized spacial score (nSPS) is 17.7. The zero-order valence-electron chi connectivity index (χ0n) is 9.64. The highest BCUT2D eigenvalue weighted by Crippen LogP contribution is 2.38. The lowest BCUT2D eigenvalue weighted by Gasteiger charge is -2.27. The number of aromatic nitrogens is 2. The minimum Gasteiger partial charge on any atom is -0.492 e. The highest BCUT2D eigenvalue weighted by Gasteiger charge is 2.23. The second-order valence-electron chi connectivity index (χ2n) is 4.06. The molecule has 2 aromatic rings. The third-order valence-corrected chi connectivity index (χ3v) is 3.19. The third-order valence-electron chi connectivity index (χ3n) is 2.89. The van der Waals surface area contributed by atoms with E-state index in [0.29, 0.717) is 17.6 Å². The number of nitrogens with one attached hydrogen (secondary N) is 1. The Morgan fingerprint density at radius 3 is 2.89 bits per heavy atom. The maximum atomic E-state index is 6.13. The average Bonchev–Trinajstić information content (AvgIpc) is 2.41. The van der Waals surface area contributed by atoms with Crippen LogP contribution in [-0.4, -0.2) is 16.6 Å². The van der Waals surface area contributed by atoms with Crippen LogP contribution in [0, 0.1) is 0 Å². The van der Waals surface area contributed by atoms with Gasteiger partial charge >= 0.3 is 0 Å². The van der Waals surface area contributed by atoms with Gasteiger partial charge in [0.1, 0.15) is 5.75 Å². The third kappa shape index (κ3) is 2.11. The number of fused-ring (bicyclic) bond motifs is 1. The lowest BCUT2D eigenvalue weighted by atomic mass is 10.0. The summed E-state index contributed by atoms with van der Waals surface area (Å²) in [5.41, 5.74) is 1.06. The predicted octanol–water partition coefficient (Wildman–Crippen LogP) is 3.07. The summed E-state index contributed by atoms with van der Waals surface area (Å²) >= 11 is 6.13. The van der Waals surface area contributed by atoms with E-state index in [1.165, 1.54) is 0 Å². The van der Waals surface area contributed by atoms with Crippen molar-refractivity contribution >= 4 is 17.5 Å². The molecule has 0 radical (unpaired) electrons. The van der Waals surface area contributed by atoms with Crippen LogP contribution in [0.1, 0.15) is 18.0 Å². The molecule has 3 rings (SSSR count). The summed E-state index contributed by atoms with van der Waals surface area (Å²) in [5.74, 6) is 1.38. The largest absolute Gasteiger partial charge is 0.492 e. The highest BCUT2D eigenvalue weighted by molar-refractivity contribution is 6.32. The Labute approximate surface area is 110 Å².